The number of methoxy groups -OCH3 is 1. The first-order valence-corrected chi connectivity index (χ1v) is 9.23. The van der Waals surface area contributed by atoms with Crippen LogP contribution in [0.25, 0.3) is 0 Å². The molecule has 0 aromatic carbocycles. The first-order chi connectivity index (χ1) is 12.7. The average Bonchev–Trinajstić information content (AvgIpc) is 2.65. The zero-order valence-corrected chi connectivity index (χ0v) is 16.1. The standard InChI is InChI=1S/C23H32O3/c1-3-4-5-6-7-8-9-10-11-12-13-14-15-16-17-18-19-22(24)20-21-23(25)26-2/h4-5,7-8,10-11,13-14,16-19H,3,6,9,12,15,20-21H2,1-2H3/b5-4+,8-7+,11-10+,14-13+,17-16+,19-18+. The summed E-state index contributed by atoms with van der Waals surface area (Å²) in [5.41, 5.74) is 0. The summed E-state index contributed by atoms with van der Waals surface area (Å²) >= 11 is 0. The number of hydrogen-bond donors (Lipinski definition) is 0. The molecule has 0 rings (SSSR count). The van der Waals surface area contributed by atoms with E-state index in [-0.39, 0.29) is 24.6 Å². The van der Waals surface area contributed by atoms with Crippen molar-refractivity contribution in [2.45, 2.75) is 51.9 Å². The summed E-state index contributed by atoms with van der Waals surface area (Å²) in [5, 5.41) is 0. The molecule has 0 spiro atoms. The van der Waals surface area contributed by atoms with Gasteiger partial charge >= 0.3 is 5.97 Å². The van der Waals surface area contributed by atoms with Crippen molar-refractivity contribution < 1.29 is 14.3 Å². The normalized spacial score (nSPS) is 12.7. The third-order valence-corrected chi connectivity index (χ3v) is 3.32. The Bertz CT molecular complexity index is 546. The Hall–Kier alpha value is -2.42. The second-order valence-corrected chi connectivity index (χ2v) is 5.57. The predicted octanol–water partition coefficient (Wildman–Crippen LogP) is 5.82. The largest absolute Gasteiger partial charge is 0.469 e. The minimum Gasteiger partial charge on any atom is -0.469 e. The number of carbonyl (C=O) groups is 2. The summed E-state index contributed by atoms with van der Waals surface area (Å²) < 4.78 is 4.49. The highest BCUT2D eigenvalue weighted by Crippen LogP contribution is 1.97. The molecule has 142 valence electrons. The minimum atomic E-state index is -0.360. The van der Waals surface area contributed by atoms with Gasteiger partial charge in [0.05, 0.1) is 13.5 Å². The number of rotatable bonds is 14. The SMILES string of the molecule is CC/C=C/C/C=C/C/C=C/C/C=C/C/C=C/C=C/C(=O)CCC(=O)OC. The second-order valence-electron chi connectivity index (χ2n) is 5.57. The molecule has 3 nitrogen and oxygen atoms in total. The van der Waals surface area contributed by atoms with Crippen molar-refractivity contribution in [1.82, 2.24) is 0 Å². The van der Waals surface area contributed by atoms with E-state index in [0.717, 1.165) is 32.1 Å². The number of allylic oxidation sites excluding steroid dienone is 12. The van der Waals surface area contributed by atoms with Gasteiger partial charge in [-0.15, -0.1) is 0 Å². The number of esters is 1. The maximum absolute atomic E-state index is 11.5. The molecular weight excluding hydrogens is 324 g/mol. The fourth-order valence-corrected chi connectivity index (χ4v) is 1.89. The van der Waals surface area contributed by atoms with Crippen molar-refractivity contribution >= 4 is 11.8 Å². The molecule has 0 aliphatic heterocycles. The van der Waals surface area contributed by atoms with E-state index >= 15 is 0 Å². The number of carbonyl (C=O) groups excluding carboxylic acids is 2. The molecule has 0 unspecified atom stereocenters. The summed E-state index contributed by atoms with van der Waals surface area (Å²) in [6, 6.07) is 0. The zero-order valence-electron chi connectivity index (χ0n) is 16.1. The molecule has 0 radical (unpaired) electrons. The van der Waals surface area contributed by atoms with Crippen LogP contribution in [0.15, 0.2) is 72.9 Å². The average molecular weight is 357 g/mol. The number of ether oxygens (including phenoxy) is 1. The fraction of sp³-hybridized carbons (Fsp3) is 0.391. The molecule has 3 heteroatoms. The van der Waals surface area contributed by atoms with Crippen molar-refractivity contribution in [3.63, 3.8) is 0 Å². The Morgan fingerprint density at radius 2 is 1.19 bits per heavy atom. The summed E-state index contributed by atoms with van der Waals surface area (Å²) in [4.78, 5) is 22.4. The molecule has 0 aliphatic carbocycles. The molecule has 0 N–H and O–H groups in total. The molecule has 0 saturated heterocycles. The lowest BCUT2D eigenvalue weighted by atomic mass is 10.2. The van der Waals surface area contributed by atoms with Crippen molar-refractivity contribution in [2.75, 3.05) is 7.11 Å². The highest BCUT2D eigenvalue weighted by atomic mass is 16.5. The molecule has 0 aliphatic rings. The van der Waals surface area contributed by atoms with Gasteiger partial charge in [0, 0.05) is 6.42 Å². The first-order valence-electron chi connectivity index (χ1n) is 9.23. The summed E-state index contributed by atoms with van der Waals surface area (Å²) in [6.07, 6.45) is 29.5. The van der Waals surface area contributed by atoms with Crippen LogP contribution in [0, 0.1) is 0 Å². The van der Waals surface area contributed by atoms with Crippen molar-refractivity contribution in [3.8, 4) is 0 Å². The highest BCUT2D eigenvalue weighted by molar-refractivity contribution is 5.91. The van der Waals surface area contributed by atoms with Crippen LogP contribution in [0.5, 0.6) is 0 Å². The predicted molar refractivity (Wildman–Crippen MR) is 110 cm³/mol. The van der Waals surface area contributed by atoms with Crippen LogP contribution in [0.2, 0.25) is 0 Å². The molecule has 0 heterocycles. The third-order valence-electron chi connectivity index (χ3n) is 3.32. The van der Waals surface area contributed by atoms with Gasteiger partial charge in [-0.2, -0.15) is 0 Å². The molecule has 0 saturated carbocycles. The van der Waals surface area contributed by atoms with Crippen LogP contribution in [0.3, 0.4) is 0 Å². The Kier molecular flexibility index (Phi) is 17.2. The van der Waals surface area contributed by atoms with E-state index in [1.807, 2.05) is 12.2 Å². The third kappa shape index (κ3) is 17.9. The van der Waals surface area contributed by atoms with E-state index in [0.29, 0.717) is 0 Å². The van der Waals surface area contributed by atoms with Crippen LogP contribution in [-0.4, -0.2) is 18.9 Å². The van der Waals surface area contributed by atoms with Gasteiger partial charge in [0.15, 0.2) is 5.78 Å². The molecular formula is C23H32O3. The van der Waals surface area contributed by atoms with Crippen molar-refractivity contribution in [3.05, 3.63) is 72.9 Å². The van der Waals surface area contributed by atoms with E-state index < -0.39 is 0 Å². The highest BCUT2D eigenvalue weighted by Gasteiger charge is 2.02. The van der Waals surface area contributed by atoms with Crippen LogP contribution in [0.1, 0.15) is 51.9 Å². The van der Waals surface area contributed by atoms with E-state index in [9.17, 15) is 9.59 Å². The van der Waals surface area contributed by atoms with Gasteiger partial charge in [0.1, 0.15) is 0 Å². The monoisotopic (exact) mass is 356 g/mol. The van der Waals surface area contributed by atoms with Gasteiger partial charge in [-0.05, 0) is 38.2 Å². The maximum atomic E-state index is 11.5. The Balaban J connectivity index is 3.70. The van der Waals surface area contributed by atoms with Crippen LogP contribution >= 0.6 is 0 Å². The van der Waals surface area contributed by atoms with Gasteiger partial charge in [-0.25, -0.2) is 0 Å². The maximum Gasteiger partial charge on any atom is 0.305 e. The summed E-state index contributed by atoms with van der Waals surface area (Å²) in [7, 11) is 1.32. The van der Waals surface area contributed by atoms with Crippen LogP contribution in [-0.2, 0) is 14.3 Å². The second kappa shape index (κ2) is 18.9. The molecule has 0 aromatic rings. The Morgan fingerprint density at radius 1 is 0.692 bits per heavy atom. The topological polar surface area (TPSA) is 43.4 Å². The minimum absolute atomic E-state index is 0.0730. The lowest BCUT2D eigenvalue weighted by Crippen LogP contribution is -2.03. The summed E-state index contributed by atoms with van der Waals surface area (Å²) in [6.45, 7) is 2.14. The number of hydrogen-bond acceptors (Lipinski definition) is 3. The van der Waals surface area contributed by atoms with E-state index in [2.05, 4.69) is 60.3 Å². The van der Waals surface area contributed by atoms with Crippen molar-refractivity contribution in [2.24, 2.45) is 0 Å². The lowest BCUT2D eigenvalue weighted by Gasteiger charge is -1.94. The summed E-state index contributed by atoms with van der Waals surface area (Å²) in [5.74, 6) is -0.433. The van der Waals surface area contributed by atoms with Crippen molar-refractivity contribution in [1.29, 1.82) is 0 Å². The molecule has 0 bridgehead atoms. The van der Waals surface area contributed by atoms with Crippen LogP contribution in [0.4, 0.5) is 0 Å². The Morgan fingerprint density at radius 3 is 1.69 bits per heavy atom. The molecule has 0 atom stereocenters. The van der Waals surface area contributed by atoms with Gasteiger partial charge < -0.3 is 4.74 Å². The lowest BCUT2D eigenvalue weighted by molar-refractivity contribution is -0.141. The smallest absolute Gasteiger partial charge is 0.305 e. The fourth-order valence-electron chi connectivity index (χ4n) is 1.89. The van der Waals surface area contributed by atoms with Crippen LogP contribution < -0.4 is 0 Å². The van der Waals surface area contributed by atoms with E-state index in [1.165, 1.54) is 13.2 Å². The first kappa shape index (κ1) is 23.6. The van der Waals surface area contributed by atoms with Gasteiger partial charge in [-0.1, -0.05) is 73.8 Å². The Labute approximate surface area is 158 Å². The van der Waals surface area contributed by atoms with E-state index in [1.54, 1.807) is 6.08 Å². The number of ketones is 1. The molecule has 0 amide bonds. The molecule has 0 fully saturated rings. The van der Waals surface area contributed by atoms with E-state index in [4.69, 9.17) is 0 Å². The molecule has 26 heavy (non-hydrogen) atoms. The quantitative estimate of drug-likeness (QED) is 0.170. The van der Waals surface area contributed by atoms with Gasteiger partial charge in [0.25, 0.3) is 0 Å². The van der Waals surface area contributed by atoms with Gasteiger partial charge in [0.2, 0.25) is 0 Å². The van der Waals surface area contributed by atoms with Gasteiger partial charge in [-0.3, -0.25) is 9.59 Å². The zero-order chi connectivity index (χ0) is 19.3. The molecule has 0 aromatic heterocycles.